The molecule has 1 aromatic rings. The van der Waals surface area contributed by atoms with Crippen molar-refractivity contribution in [2.24, 2.45) is 5.92 Å². The minimum Gasteiger partial charge on any atom is -0.354 e. The number of anilines is 1. The molecule has 2 aliphatic heterocycles. The van der Waals surface area contributed by atoms with Gasteiger partial charge < -0.3 is 9.80 Å². The summed E-state index contributed by atoms with van der Waals surface area (Å²) < 4.78 is 39.5. The molecule has 0 atom stereocenters. The van der Waals surface area contributed by atoms with E-state index in [0.717, 1.165) is 32.0 Å². The van der Waals surface area contributed by atoms with E-state index in [0.29, 0.717) is 13.1 Å². The van der Waals surface area contributed by atoms with Crippen LogP contribution in [0, 0.1) is 5.92 Å². The Hall–Kier alpha value is -1.31. The number of hydrogen-bond donors (Lipinski definition) is 0. The van der Waals surface area contributed by atoms with Crippen molar-refractivity contribution < 1.29 is 18.0 Å². The van der Waals surface area contributed by atoms with Crippen LogP contribution >= 0.6 is 15.9 Å². The zero-order valence-electron chi connectivity index (χ0n) is 11.7. The minimum absolute atomic E-state index is 0.0550. The summed E-state index contributed by atoms with van der Waals surface area (Å²) in [5.41, 5.74) is -0.769. The number of carbonyl (C=O) groups excluding carboxylic acids is 1. The quantitative estimate of drug-likeness (QED) is 0.794. The average Bonchev–Trinajstić information content (AvgIpc) is 2.91. The fraction of sp³-hybridized carbons (Fsp3) is 0.571. The fourth-order valence-electron chi connectivity index (χ4n) is 2.90. The third-order valence-electron chi connectivity index (χ3n) is 4.09. The van der Waals surface area contributed by atoms with Crippen LogP contribution in [0.1, 0.15) is 18.4 Å². The molecule has 3 rings (SSSR count). The predicted molar refractivity (Wildman–Crippen MR) is 78.5 cm³/mol. The lowest BCUT2D eigenvalue weighted by molar-refractivity contribution is -0.137. The maximum atomic E-state index is 13.1. The average molecular weight is 378 g/mol. The summed E-state index contributed by atoms with van der Waals surface area (Å²) in [6.07, 6.45) is -1.10. The fourth-order valence-corrected chi connectivity index (χ4v) is 3.23. The van der Waals surface area contributed by atoms with Crippen LogP contribution in [0.3, 0.4) is 0 Å². The molecule has 1 amide bonds. The lowest BCUT2D eigenvalue weighted by Crippen LogP contribution is -2.55. The highest BCUT2D eigenvalue weighted by Gasteiger charge is 2.42. The summed E-state index contributed by atoms with van der Waals surface area (Å²) in [4.78, 5) is 19.4. The number of hydrogen-bond acceptors (Lipinski definition) is 3. The van der Waals surface area contributed by atoms with Crippen molar-refractivity contribution in [1.29, 1.82) is 0 Å². The van der Waals surface area contributed by atoms with Crippen LogP contribution in [0.2, 0.25) is 0 Å². The topological polar surface area (TPSA) is 36.4 Å². The van der Waals surface area contributed by atoms with Gasteiger partial charge in [0.05, 0.1) is 11.5 Å². The molecule has 22 heavy (non-hydrogen) atoms. The second-order valence-electron chi connectivity index (χ2n) is 5.66. The van der Waals surface area contributed by atoms with Crippen molar-refractivity contribution in [3.8, 4) is 0 Å². The summed E-state index contributed by atoms with van der Waals surface area (Å²) in [6.45, 7) is 2.12. The van der Waals surface area contributed by atoms with Crippen LogP contribution in [0.4, 0.5) is 19.0 Å². The van der Waals surface area contributed by atoms with Gasteiger partial charge in [0, 0.05) is 36.8 Å². The second-order valence-corrected chi connectivity index (χ2v) is 6.57. The first-order chi connectivity index (χ1) is 10.4. The highest BCUT2D eigenvalue weighted by molar-refractivity contribution is 9.10. The molecule has 0 radical (unpaired) electrons. The van der Waals surface area contributed by atoms with Gasteiger partial charge >= 0.3 is 6.18 Å². The van der Waals surface area contributed by atoms with Gasteiger partial charge in [0.1, 0.15) is 5.82 Å². The number of nitrogens with zero attached hydrogens (tertiary/aromatic N) is 3. The van der Waals surface area contributed by atoms with E-state index >= 15 is 0 Å². The maximum Gasteiger partial charge on any atom is 0.419 e. The molecule has 2 aliphatic rings. The molecule has 2 fully saturated rings. The summed E-state index contributed by atoms with van der Waals surface area (Å²) in [6, 6.07) is 1.03. The molecular weight excluding hydrogens is 363 g/mol. The number of halogens is 4. The molecule has 0 N–H and O–H groups in total. The number of aromatic nitrogens is 1. The van der Waals surface area contributed by atoms with Crippen molar-refractivity contribution in [3.05, 3.63) is 22.3 Å². The van der Waals surface area contributed by atoms with E-state index in [1.807, 2.05) is 4.90 Å². The summed E-state index contributed by atoms with van der Waals surface area (Å²) in [5.74, 6) is -0.259. The number of pyridine rings is 1. The zero-order valence-corrected chi connectivity index (χ0v) is 13.3. The molecule has 3 heterocycles. The smallest absolute Gasteiger partial charge is 0.354 e. The van der Waals surface area contributed by atoms with E-state index in [1.54, 1.807) is 0 Å². The van der Waals surface area contributed by atoms with Crippen LogP contribution in [0.25, 0.3) is 0 Å². The Bertz CT molecular complexity index is 581. The molecule has 0 unspecified atom stereocenters. The van der Waals surface area contributed by atoms with E-state index in [2.05, 4.69) is 20.9 Å². The molecule has 1 aromatic heterocycles. The van der Waals surface area contributed by atoms with Gasteiger partial charge in [-0.25, -0.2) is 4.98 Å². The lowest BCUT2D eigenvalue weighted by Gasteiger charge is -2.41. The van der Waals surface area contributed by atoms with Crippen LogP contribution in [-0.4, -0.2) is 42.0 Å². The number of carbonyl (C=O) groups is 1. The Balaban J connectivity index is 1.71. The van der Waals surface area contributed by atoms with Gasteiger partial charge in [-0.2, -0.15) is 13.2 Å². The molecule has 0 saturated carbocycles. The molecule has 8 heteroatoms. The van der Waals surface area contributed by atoms with Crippen molar-refractivity contribution in [1.82, 2.24) is 9.88 Å². The van der Waals surface area contributed by atoms with Gasteiger partial charge in [-0.1, -0.05) is 0 Å². The van der Waals surface area contributed by atoms with Crippen LogP contribution < -0.4 is 4.90 Å². The standard InChI is InChI=1S/C14H15BrF3N3O/c15-10-5-11(14(16,17)18)12(19-6-10)21-7-9(8-21)13(22)20-3-1-2-4-20/h5-6,9H,1-4,7-8H2. The normalized spacial score (nSPS) is 19.5. The monoisotopic (exact) mass is 377 g/mol. The third-order valence-corrected chi connectivity index (χ3v) is 4.52. The number of rotatable bonds is 2. The summed E-state index contributed by atoms with van der Waals surface area (Å²) >= 11 is 3.02. The highest BCUT2D eigenvalue weighted by Crippen LogP contribution is 2.39. The van der Waals surface area contributed by atoms with Gasteiger partial charge in [-0.05, 0) is 34.8 Å². The molecule has 0 spiro atoms. The molecule has 2 saturated heterocycles. The number of likely N-dealkylation sites (tertiary alicyclic amines) is 1. The van der Waals surface area contributed by atoms with Gasteiger partial charge in [-0.15, -0.1) is 0 Å². The molecule has 4 nitrogen and oxygen atoms in total. The molecule has 120 valence electrons. The van der Waals surface area contributed by atoms with E-state index in [-0.39, 0.29) is 22.1 Å². The number of amides is 1. The first-order valence-electron chi connectivity index (χ1n) is 7.13. The highest BCUT2D eigenvalue weighted by atomic mass is 79.9. The van der Waals surface area contributed by atoms with Crippen molar-refractivity contribution in [3.63, 3.8) is 0 Å². The first kappa shape index (κ1) is 15.6. The number of alkyl halides is 3. The van der Waals surface area contributed by atoms with Gasteiger partial charge in [0.25, 0.3) is 0 Å². The van der Waals surface area contributed by atoms with Crippen LogP contribution in [0.5, 0.6) is 0 Å². The Morgan fingerprint density at radius 1 is 1.27 bits per heavy atom. The minimum atomic E-state index is -4.46. The third kappa shape index (κ3) is 2.93. The SMILES string of the molecule is O=C(C1CN(c2ncc(Br)cc2C(F)(F)F)C1)N1CCCC1. The molecule has 0 aliphatic carbocycles. The van der Waals surface area contributed by atoms with E-state index in [1.165, 1.54) is 11.1 Å². The molecule has 0 aromatic carbocycles. The lowest BCUT2D eigenvalue weighted by atomic mass is 9.97. The van der Waals surface area contributed by atoms with Gasteiger partial charge in [-0.3, -0.25) is 4.79 Å². The molecule has 0 bridgehead atoms. The first-order valence-corrected chi connectivity index (χ1v) is 7.92. The Morgan fingerprint density at radius 2 is 1.91 bits per heavy atom. The predicted octanol–water partition coefficient (Wildman–Crippen LogP) is 2.92. The van der Waals surface area contributed by atoms with Crippen molar-refractivity contribution >= 4 is 27.7 Å². The molecular formula is C14H15BrF3N3O. The Kier molecular flexibility index (Phi) is 4.05. The summed E-state index contributed by atoms with van der Waals surface area (Å²) in [7, 11) is 0. The largest absolute Gasteiger partial charge is 0.419 e. The summed E-state index contributed by atoms with van der Waals surface area (Å²) in [5, 5.41) is 0. The van der Waals surface area contributed by atoms with Gasteiger partial charge in [0.2, 0.25) is 5.91 Å². The van der Waals surface area contributed by atoms with Crippen molar-refractivity contribution in [2.45, 2.75) is 19.0 Å². The Labute approximate surface area is 134 Å². The second kappa shape index (κ2) is 5.72. The van der Waals surface area contributed by atoms with Gasteiger partial charge in [0.15, 0.2) is 0 Å². The zero-order chi connectivity index (χ0) is 15.9. The van der Waals surface area contributed by atoms with Crippen molar-refractivity contribution in [2.75, 3.05) is 31.1 Å². The maximum absolute atomic E-state index is 13.1. The van der Waals surface area contributed by atoms with E-state index in [9.17, 15) is 18.0 Å². The Morgan fingerprint density at radius 3 is 2.50 bits per heavy atom. The van der Waals surface area contributed by atoms with E-state index in [4.69, 9.17) is 0 Å². The van der Waals surface area contributed by atoms with Crippen LogP contribution in [0.15, 0.2) is 16.7 Å². The van der Waals surface area contributed by atoms with E-state index < -0.39 is 11.7 Å². The van der Waals surface area contributed by atoms with Crippen LogP contribution in [-0.2, 0) is 11.0 Å².